The van der Waals surface area contributed by atoms with E-state index in [0.717, 1.165) is 5.56 Å². The lowest BCUT2D eigenvalue weighted by atomic mass is 9.95. The Kier molecular flexibility index (Phi) is 6.56. The molecule has 0 fully saturated rings. The van der Waals surface area contributed by atoms with Gasteiger partial charge in [0.15, 0.2) is 16.3 Å². The first-order chi connectivity index (χ1) is 16.4. The van der Waals surface area contributed by atoms with Crippen molar-refractivity contribution in [3.05, 3.63) is 84.5 Å². The van der Waals surface area contributed by atoms with E-state index >= 15 is 0 Å². The molecule has 2 aromatic carbocycles. The largest absolute Gasteiger partial charge is 0.496 e. The molecule has 1 unspecified atom stereocenters. The van der Waals surface area contributed by atoms with Crippen molar-refractivity contribution in [1.29, 1.82) is 0 Å². The molecule has 0 aliphatic carbocycles. The van der Waals surface area contributed by atoms with Gasteiger partial charge in [-0.1, -0.05) is 35.6 Å². The van der Waals surface area contributed by atoms with Crippen molar-refractivity contribution in [2.45, 2.75) is 13.0 Å². The Hall–Kier alpha value is -3.85. The molecule has 8 nitrogen and oxygen atoms in total. The number of ether oxygens (including phenoxy) is 4. The zero-order valence-electron chi connectivity index (χ0n) is 19.4. The van der Waals surface area contributed by atoms with Crippen LogP contribution in [0.1, 0.15) is 24.1 Å². The highest BCUT2D eigenvalue weighted by Crippen LogP contribution is 2.36. The zero-order chi connectivity index (χ0) is 24.4. The maximum Gasteiger partial charge on any atom is 0.338 e. The summed E-state index contributed by atoms with van der Waals surface area (Å²) in [5.41, 5.74) is 1.92. The van der Waals surface area contributed by atoms with Crippen LogP contribution in [-0.4, -0.2) is 39.0 Å². The van der Waals surface area contributed by atoms with Gasteiger partial charge in [-0.3, -0.25) is 9.36 Å². The van der Waals surface area contributed by atoms with E-state index in [1.807, 2.05) is 24.3 Å². The van der Waals surface area contributed by atoms with Gasteiger partial charge in [0, 0.05) is 5.56 Å². The van der Waals surface area contributed by atoms with Crippen molar-refractivity contribution in [1.82, 2.24) is 4.57 Å². The first kappa shape index (κ1) is 23.3. The van der Waals surface area contributed by atoms with Crippen LogP contribution < -0.4 is 29.1 Å². The normalized spacial score (nSPS) is 15.4. The predicted molar refractivity (Wildman–Crippen MR) is 128 cm³/mol. The second-order valence-corrected chi connectivity index (χ2v) is 8.44. The number of carbonyl (C=O) groups excluding carboxylic acids is 1. The molecule has 0 spiro atoms. The van der Waals surface area contributed by atoms with E-state index in [2.05, 4.69) is 4.99 Å². The highest BCUT2D eigenvalue weighted by atomic mass is 32.1. The minimum absolute atomic E-state index is 0.275. The number of aromatic nitrogens is 1. The Bertz CT molecular complexity index is 1470. The van der Waals surface area contributed by atoms with E-state index in [1.165, 1.54) is 30.1 Å². The third-order valence-electron chi connectivity index (χ3n) is 5.58. The molecular weight excluding hydrogens is 456 g/mol. The van der Waals surface area contributed by atoms with Crippen LogP contribution in [0, 0.1) is 0 Å². The SMILES string of the molecule is COC(=O)C1=C(C)N=c2sc(=Cc3ccccc3OC)c(=O)n2C1c1ccc(OC)c(OC)c1. The van der Waals surface area contributed by atoms with Crippen LogP contribution >= 0.6 is 11.3 Å². The van der Waals surface area contributed by atoms with E-state index in [4.69, 9.17) is 18.9 Å². The van der Waals surface area contributed by atoms with Gasteiger partial charge in [-0.05, 0) is 36.8 Å². The molecule has 1 aliphatic heterocycles. The zero-order valence-corrected chi connectivity index (χ0v) is 20.3. The van der Waals surface area contributed by atoms with Gasteiger partial charge in [-0.25, -0.2) is 9.79 Å². The number of esters is 1. The summed E-state index contributed by atoms with van der Waals surface area (Å²) in [6.45, 7) is 1.73. The molecule has 9 heteroatoms. The minimum Gasteiger partial charge on any atom is -0.496 e. The highest BCUT2D eigenvalue weighted by molar-refractivity contribution is 7.07. The molecule has 4 rings (SSSR count). The molecule has 0 radical (unpaired) electrons. The number of hydrogen-bond acceptors (Lipinski definition) is 8. The molecule has 3 aromatic rings. The number of thiazole rings is 1. The van der Waals surface area contributed by atoms with Crippen LogP contribution in [0.2, 0.25) is 0 Å². The molecule has 176 valence electrons. The van der Waals surface area contributed by atoms with Gasteiger partial charge in [0.25, 0.3) is 5.56 Å². The van der Waals surface area contributed by atoms with Crippen molar-refractivity contribution in [3.63, 3.8) is 0 Å². The van der Waals surface area contributed by atoms with Crippen molar-refractivity contribution < 1.29 is 23.7 Å². The maximum atomic E-state index is 13.7. The van der Waals surface area contributed by atoms with E-state index in [9.17, 15) is 9.59 Å². The molecular formula is C25H24N2O6S. The quantitative estimate of drug-likeness (QED) is 0.504. The summed E-state index contributed by atoms with van der Waals surface area (Å²) in [7, 11) is 5.96. The fraction of sp³-hybridized carbons (Fsp3) is 0.240. The van der Waals surface area contributed by atoms with Crippen LogP contribution in [0.5, 0.6) is 17.2 Å². The third kappa shape index (κ3) is 3.99. The summed E-state index contributed by atoms with van der Waals surface area (Å²) in [6, 6.07) is 12.0. The van der Waals surface area contributed by atoms with Crippen molar-refractivity contribution in [2.75, 3.05) is 28.4 Å². The molecule has 0 saturated carbocycles. The molecule has 34 heavy (non-hydrogen) atoms. The number of fused-ring (bicyclic) bond motifs is 1. The first-order valence-corrected chi connectivity index (χ1v) is 11.2. The molecule has 0 amide bonds. The summed E-state index contributed by atoms with van der Waals surface area (Å²) < 4.78 is 23.3. The predicted octanol–water partition coefficient (Wildman–Crippen LogP) is 2.43. The lowest BCUT2D eigenvalue weighted by Gasteiger charge is -2.25. The van der Waals surface area contributed by atoms with Gasteiger partial charge in [-0.15, -0.1) is 0 Å². The third-order valence-corrected chi connectivity index (χ3v) is 6.56. The standard InChI is InChI=1S/C25H24N2O6S/c1-14-21(24(29)33-5)22(16-10-11-18(31-3)19(12-16)32-4)27-23(28)20(34-25(27)26-14)13-15-8-6-7-9-17(15)30-2/h6-13,22H,1-5H3. The lowest BCUT2D eigenvalue weighted by Crippen LogP contribution is -2.39. The van der Waals surface area contributed by atoms with E-state index in [1.54, 1.807) is 45.4 Å². The van der Waals surface area contributed by atoms with Gasteiger partial charge < -0.3 is 18.9 Å². The molecule has 0 saturated heterocycles. The van der Waals surface area contributed by atoms with Gasteiger partial charge in [0.2, 0.25) is 0 Å². The summed E-state index contributed by atoms with van der Waals surface area (Å²) in [4.78, 5) is 31.5. The second-order valence-electron chi connectivity index (χ2n) is 7.43. The number of rotatable bonds is 6. The number of nitrogens with zero attached hydrogens (tertiary/aromatic N) is 2. The van der Waals surface area contributed by atoms with Crippen LogP contribution in [0.25, 0.3) is 6.08 Å². The summed E-state index contributed by atoms with van der Waals surface area (Å²) in [5.74, 6) is 1.11. The number of carbonyl (C=O) groups is 1. The van der Waals surface area contributed by atoms with Crippen LogP contribution in [0.3, 0.4) is 0 Å². The Morgan fingerprint density at radius 3 is 2.38 bits per heavy atom. The number of para-hydroxylation sites is 1. The van der Waals surface area contributed by atoms with Gasteiger partial charge in [0.05, 0.1) is 50.3 Å². The topological polar surface area (TPSA) is 88.4 Å². The molecule has 1 aromatic heterocycles. The van der Waals surface area contributed by atoms with Gasteiger partial charge in [-0.2, -0.15) is 0 Å². The monoisotopic (exact) mass is 480 g/mol. The molecule has 2 heterocycles. The molecule has 1 atom stereocenters. The Balaban J connectivity index is 1.99. The van der Waals surface area contributed by atoms with E-state index in [-0.39, 0.29) is 11.1 Å². The second kappa shape index (κ2) is 9.56. The summed E-state index contributed by atoms with van der Waals surface area (Å²) >= 11 is 1.25. The van der Waals surface area contributed by atoms with E-state index < -0.39 is 12.0 Å². The minimum atomic E-state index is -0.747. The van der Waals surface area contributed by atoms with Gasteiger partial charge in [0.1, 0.15) is 5.75 Å². The number of benzene rings is 2. The Morgan fingerprint density at radius 2 is 1.71 bits per heavy atom. The average Bonchev–Trinajstić information content (AvgIpc) is 3.16. The van der Waals surface area contributed by atoms with Crippen molar-refractivity contribution >= 4 is 23.4 Å². The van der Waals surface area contributed by atoms with Gasteiger partial charge >= 0.3 is 5.97 Å². The van der Waals surface area contributed by atoms with Crippen LogP contribution in [0.4, 0.5) is 0 Å². The van der Waals surface area contributed by atoms with E-state index in [0.29, 0.717) is 37.8 Å². The number of hydrogen-bond donors (Lipinski definition) is 0. The molecule has 1 aliphatic rings. The Labute approximate surface area is 200 Å². The summed E-state index contributed by atoms with van der Waals surface area (Å²) in [5, 5.41) is 0. The van der Waals surface area contributed by atoms with Crippen molar-refractivity contribution in [3.8, 4) is 17.2 Å². The number of methoxy groups -OCH3 is 4. The summed E-state index contributed by atoms with van der Waals surface area (Å²) in [6.07, 6.45) is 1.77. The molecule has 0 bridgehead atoms. The number of allylic oxidation sites excluding steroid dienone is 1. The fourth-order valence-electron chi connectivity index (χ4n) is 3.96. The lowest BCUT2D eigenvalue weighted by molar-refractivity contribution is -0.136. The highest BCUT2D eigenvalue weighted by Gasteiger charge is 2.33. The maximum absolute atomic E-state index is 13.7. The Morgan fingerprint density at radius 1 is 1.00 bits per heavy atom. The fourth-order valence-corrected chi connectivity index (χ4v) is 5.00. The molecule has 0 N–H and O–H groups in total. The smallest absolute Gasteiger partial charge is 0.338 e. The first-order valence-electron chi connectivity index (χ1n) is 10.4. The van der Waals surface area contributed by atoms with Crippen LogP contribution in [-0.2, 0) is 9.53 Å². The van der Waals surface area contributed by atoms with Crippen LogP contribution in [0.15, 0.2) is 63.5 Å². The average molecular weight is 481 g/mol. The van der Waals surface area contributed by atoms with Crippen molar-refractivity contribution in [2.24, 2.45) is 4.99 Å².